The highest BCUT2D eigenvalue weighted by molar-refractivity contribution is 7.90. The standard InChI is InChI=1S/C24H34FN3O2S/c1-18(2)31(29,30)27-22-11-9-19(10-12-22)16-26-23-13-21(25)14-24(15-23)28(3)17-20-7-5-4-6-8-20/h4-8,13-15,18-19,22,26-27H,9-12,16-17H2,1-3H3/t19-,22-. The van der Waals surface area contributed by atoms with Gasteiger partial charge in [0.05, 0.1) is 5.25 Å². The second kappa shape index (κ2) is 10.5. The summed E-state index contributed by atoms with van der Waals surface area (Å²) in [6, 6.07) is 15.2. The predicted molar refractivity (Wildman–Crippen MR) is 126 cm³/mol. The molecule has 0 unspecified atom stereocenters. The summed E-state index contributed by atoms with van der Waals surface area (Å²) in [5.41, 5.74) is 2.78. The molecule has 0 aliphatic heterocycles. The molecule has 0 saturated heterocycles. The van der Waals surface area contributed by atoms with Crippen molar-refractivity contribution in [3.8, 4) is 0 Å². The molecule has 2 aromatic carbocycles. The Morgan fingerprint density at radius 2 is 1.74 bits per heavy atom. The SMILES string of the molecule is CC(C)S(=O)(=O)N[C@H]1CC[C@H](CNc2cc(F)cc(N(C)Cc3ccccc3)c2)CC1. The average Bonchev–Trinajstić information content (AvgIpc) is 2.73. The summed E-state index contributed by atoms with van der Waals surface area (Å²) in [5.74, 6) is 0.195. The van der Waals surface area contributed by atoms with Crippen molar-refractivity contribution in [2.45, 2.75) is 57.4 Å². The van der Waals surface area contributed by atoms with Crippen LogP contribution in [0.25, 0.3) is 0 Å². The minimum absolute atomic E-state index is 0.0241. The molecule has 0 atom stereocenters. The van der Waals surface area contributed by atoms with Crippen LogP contribution in [0.15, 0.2) is 48.5 Å². The zero-order chi connectivity index (χ0) is 22.4. The van der Waals surface area contributed by atoms with E-state index in [9.17, 15) is 12.8 Å². The molecule has 0 heterocycles. The molecule has 31 heavy (non-hydrogen) atoms. The number of hydrogen-bond acceptors (Lipinski definition) is 4. The van der Waals surface area contributed by atoms with Gasteiger partial charge in [-0.25, -0.2) is 17.5 Å². The third-order valence-electron chi connectivity index (χ3n) is 5.98. The van der Waals surface area contributed by atoms with Crippen molar-refractivity contribution in [2.75, 3.05) is 23.8 Å². The molecule has 0 amide bonds. The van der Waals surface area contributed by atoms with E-state index >= 15 is 0 Å². The van der Waals surface area contributed by atoms with Gasteiger partial charge in [-0.2, -0.15) is 0 Å². The number of rotatable bonds is 9. The van der Waals surface area contributed by atoms with E-state index < -0.39 is 15.3 Å². The van der Waals surface area contributed by atoms with Gasteiger partial charge in [0.2, 0.25) is 10.0 Å². The summed E-state index contributed by atoms with van der Waals surface area (Å²) in [4.78, 5) is 2.04. The zero-order valence-corrected chi connectivity index (χ0v) is 19.5. The fraction of sp³-hybridized carbons (Fsp3) is 0.500. The fourth-order valence-electron chi connectivity index (χ4n) is 3.96. The topological polar surface area (TPSA) is 61.4 Å². The molecule has 1 fully saturated rings. The van der Waals surface area contributed by atoms with Crippen LogP contribution in [-0.2, 0) is 16.6 Å². The fourth-order valence-corrected chi connectivity index (χ4v) is 4.93. The number of sulfonamides is 1. The van der Waals surface area contributed by atoms with Crippen molar-refractivity contribution in [1.29, 1.82) is 0 Å². The number of hydrogen-bond donors (Lipinski definition) is 2. The first-order chi connectivity index (χ1) is 14.7. The van der Waals surface area contributed by atoms with Gasteiger partial charge in [-0.15, -0.1) is 0 Å². The average molecular weight is 448 g/mol. The third-order valence-corrected chi connectivity index (χ3v) is 7.88. The van der Waals surface area contributed by atoms with Crippen molar-refractivity contribution in [3.63, 3.8) is 0 Å². The predicted octanol–water partition coefficient (Wildman–Crippen LogP) is 4.76. The highest BCUT2D eigenvalue weighted by Crippen LogP contribution is 2.27. The lowest BCUT2D eigenvalue weighted by Crippen LogP contribution is -2.41. The molecular weight excluding hydrogens is 413 g/mol. The number of nitrogens with one attached hydrogen (secondary N) is 2. The van der Waals surface area contributed by atoms with E-state index in [2.05, 4.69) is 22.2 Å². The Morgan fingerprint density at radius 3 is 2.39 bits per heavy atom. The van der Waals surface area contributed by atoms with E-state index in [1.165, 1.54) is 11.6 Å². The quantitative estimate of drug-likeness (QED) is 0.582. The van der Waals surface area contributed by atoms with Crippen molar-refractivity contribution < 1.29 is 12.8 Å². The molecule has 3 rings (SSSR count). The van der Waals surface area contributed by atoms with Crippen LogP contribution in [0.1, 0.15) is 45.1 Å². The van der Waals surface area contributed by atoms with Crippen LogP contribution < -0.4 is 14.9 Å². The van der Waals surface area contributed by atoms with Crippen molar-refractivity contribution >= 4 is 21.4 Å². The molecule has 0 bridgehead atoms. The minimum atomic E-state index is -3.22. The van der Waals surface area contributed by atoms with E-state index in [1.54, 1.807) is 19.9 Å². The second-order valence-electron chi connectivity index (χ2n) is 8.85. The van der Waals surface area contributed by atoms with Gasteiger partial charge in [-0.1, -0.05) is 30.3 Å². The molecule has 0 radical (unpaired) electrons. The maximum Gasteiger partial charge on any atom is 0.214 e. The lowest BCUT2D eigenvalue weighted by molar-refractivity contribution is 0.323. The Bertz CT molecular complexity index is 943. The summed E-state index contributed by atoms with van der Waals surface area (Å²) in [6.45, 7) is 4.86. The van der Waals surface area contributed by atoms with Crippen LogP contribution in [0.3, 0.4) is 0 Å². The summed E-state index contributed by atoms with van der Waals surface area (Å²) in [6.07, 6.45) is 3.59. The molecule has 1 aliphatic rings. The molecule has 5 nitrogen and oxygen atoms in total. The van der Waals surface area contributed by atoms with Crippen molar-refractivity contribution in [1.82, 2.24) is 4.72 Å². The molecular formula is C24H34FN3O2S. The first kappa shape index (κ1) is 23.5. The van der Waals surface area contributed by atoms with Crippen LogP contribution in [0.2, 0.25) is 0 Å². The van der Waals surface area contributed by atoms with Gasteiger partial charge >= 0.3 is 0 Å². The van der Waals surface area contributed by atoms with Crippen LogP contribution in [0.5, 0.6) is 0 Å². The summed E-state index contributed by atoms with van der Waals surface area (Å²) in [5, 5.41) is 2.98. The Labute approximate surface area is 186 Å². The van der Waals surface area contributed by atoms with Gasteiger partial charge in [0.25, 0.3) is 0 Å². The molecule has 2 aromatic rings. The number of anilines is 2. The number of nitrogens with zero attached hydrogens (tertiary/aromatic N) is 1. The lowest BCUT2D eigenvalue weighted by atomic mass is 9.86. The Kier molecular flexibility index (Phi) is 7.94. The number of halogens is 1. The molecule has 170 valence electrons. The maximum atomic E-state index is 14.2. The van der Waals surface area contributed by atoms with E-state index in [4.69, 9.17) is 0 Å². The monoisotopic (exact) mass is 447 g/mol. The highest BCUT2D eigenvalue weighted by Gasteiger charge is 2.26. The smallest absolute Gasteiger partial charge is 0.214 e. The van der Waals surface area contributed by atoms with Gasteiger partial charge in [-0.3, -0.25) is 0 Å². The molecule has 2 N–H and O–H groups in total. The molecule has 0 spiro atoms. The molecule has 1 saturated carbocycles. The Hall–Kier alpha value is -2.12. The first-order valence-corrected chi connectivity index (χ1v) is 12.6. The summed E-state index contributed by atoms with van der Waals surface area (Å²) < 4.78 is 41.2. The largest absolute Gasteiger partial charge is 0.385 e. The molecule has 7 heteroatoms. The van der Waals surface area contributed by atoms with E-state index in [1.807, 2.05) is 36.2 Å². The zero-order valence-electron chi connectivity index (χ0n) is 18.6. The lowest BCUT2D eigenvalue weighted by Gasteiger charge is -2.30. The normalized spacial score (nSPS) is 19.4. The van der Waals surface area contributed by atoms with E-state index in [0.717, 1.165) is 43.6 Å². The highest BCUT2D eigenvalue weighted by atomic mass is 32.2. The van der Waals surface area contributed by atoms with Crippen LogP contribution in [-0.4, -0.2) is 33.3 Å². The van der Waals surface area contributed by atoms with Crippen LogP contribution in [0.4, 0.5) is 15.8 Å². The summed E-state index contributed by atoms with van der Waals surface area (Å²) >= 11 is 0. The molecule has 1 aliphatic carbocycles. The van der Waals surface area contributed by atoms with Crippen molar-refractivity contribution in [2.24, 2.45) is 5.92 Å². The van der Waals surface area contributed by atoms with Gasteiger partial charge in [-0.05, 0) is 69.2 Å². The Balaban J connectivity index is 1.52. The van der Waals surface area contributed by atoms with E-state index in [-0.39, 0.29) is 11.9 Å². The van der Waals surface area contributed by atoms with Crippen molar-refractivity contribution in [3.05, 3.63) is 59.9 Å². The third kappa shape index (κ3) is 6.94. The van der Waals surface area contributed by atoms with Crippen LogP contribution >= 0.6 is 0 Å². The van der Waals surface area contributed by atoms with E-state index in [0.29, 0.717) is 12.5 Å². The summed E-state index contributed by atoms with van der Waals surface area (Å²) in [7, 11) is -1.26. The van der Waals surface area contributed by atoms with Gasteiger partial charge in [0.15, 0.2) is 0 Å². The van der Waals surface area contributed by atoms with Gasteiger partial charge in [0.1, 0.15) is 5.82 Å². The first-order valence-electron chi connectivity index (χ1n) is 11.0. The van der Waals surface area contributed by atoms with Gasteiger partial charge < -0.3 is 10.2 Å². The minimum Gasteiger partial charge on any atom is -0.385 e. The van der Waals surface area contributed by atoms with Crippen LogP contribution in [0, 0.1) is 11.7 Å². The maximum absolute atomic E-state index is 14.2. The molecule has 0 aromatic heterocycles. The second-order valence-corrected chi connectivity index (χ2v) is 11.1. The number of benzene rings is 2. The van der Waals surface area contributed by atoms with Gasteiger partial charge in [0, 0.05) is 37.6 Å². The Morgan fingerprint density at radius 1 is 1.06 bits per heavy atom.